The van der Waals surface area contributed by atoms with Crippen LogP contribution in [0.25, 0.3) is 0 Å². The fourth-order valence-electron chi connectivity index (χ4n) is 1.92. The van der Waals surface area contributed by atoms with Crippen molar-refractivity contribution >= 4 is 10.0 Å². The Morgan fingerprint density at radius 2 is 1.90 bits per heavy atom. The number of furan rings is 1. The summed E-state index contributed by atoms with van der Waals surface area (Å²) in [6, 6.07) is 3.18. The van der Waals surface area contributed by atoms with Gasteiger partial charge in [0.25, 0.3) is 10.0 Å². The summed E-state index contributed by atoms with van der Waals surface area (Å²) in [5.74, 6) is 0.619. The van der Waals surface area contributed by atoms with Gasteiger partial charge in [0.15, 0.2) is 0 Å². The van der Waals surface area contributed by atoms with Crippen LogP contribution < -0.4 is 10.0 Å². The molecule has 0 aliphatic rings. The summed E-state index contributed by atoms with van der Waals surface area (Å²) in [5, 5.41) is 3.25. The smallest absolute Gasteiger partial charge is 0.274 e. The predicted molar refractivity (Wildman–Crippen MR) is 84.6 cm³/mol. The molecule has 1 rings (SSSR count). The van der Waals surface area contributed by atoms with Crippen molar-refractivity contribution in [3.8, 4) is 0 Å². The molecule has 0 fully saturated rings. The molecule has 0 saturated carbocycles. The van der Waals surface area contributed by atoms with Crippen molar-refractivity contribution < 1.29 is 12.8 Å². The van der Waals surface area contributed by atoms with Gasteiger partial charge in [-0.2, -0.15) is 0 Å². The van der Waals surface area contributed by atoms with Gasteiger partial charge in [0, 0.05) is 11.6 Å². The molecule has 21 heavy (non-hydrogen) atoms. The van der Waals surface area contributed by atoms with Crippen molar-refractivity contribution in [3.63, 3.8) is 0 Å². The summed E-state index contributed by atoms with van der Waals surface area (Å²) < 4.78 is 32.7. The largest absolute Gasteiger partial charge is 0.447 e. The molecule has 1 atom stereocenters. The third-order valence-corrected chi connectivity index (χ3v) is 4.54. The second-order valence-electron chi connectivity index (χ2n) is 6.34. The Bertz CT molecular complexity index is 529. The fourth-order valence-corrected chi connectivity index (χ4v) is 3.23. The van der Waals surface area contributed by atoms with E-state index in [4.69, 9.17) is 4.42 Å². The van der Waals surface area contributed by atoms with Crippen LogP contribution in [0.1, 0.15) is 59.6 Å². The van der Waals surface area contributed by atoms with Crippen LogP contribution in [0.3, 0.4) is 0 Å². The Labute approximate surface area is 128 Å². The number of nitrogens with one attached hydrogen (secondary N) is 2. The fraction of sp³-hybridized carbons (Fsp3) is 0.733. The Morgan fingerprint density at radius 3 is 2.43 bits per heavy atom. The summed E-state index contributed by atoms with van der Waals surface area (Å²) in [6.45, 7) is 10.7. The minimum Gasteiger partial charge on any atom is -0.447 e. The second-order valence-corrected chi connectivity index (χ2v) is 7.98. The average molecular weight is 316 g/mol. The van der Waals surface area contributed by atoms with Crippen LogP contribution in [-0.4, -0.2) is 20.0 Å². The third-order valence-electron chi connectivity index (χ3n) is 3.15. The zero-order chi connectivity index (χ0) is 16.1. The van der Waals surface area contributed by atoms with Crippen LogP contribution in [0.15, 0.2) is 21.6 Å². The minimum absolute atomic E-state index is 0.0113. The molecule has 0 radical (unpaired) electrons. The lowest BCUT2D eigenvalue weighted by Crippen LogP contribution is -2.35. The first-order valence-electron chi connectivity index (χ1n) is 7.54. The molecule has 1 aromatic heterocycles. The number of hydrogen-bond acceptors (Lipinski definition) is 4. The Hall–Kier alpha value is -0.850. The van der Waals surface area contributed by atoms with Crippen LogP contribution in [0.4, 0.5) is 0 Å². The molecular formula is C15H28N2O3S. The van der Waals surface area contributed by atoms with Crippen molar-refractivity contribution in [2.45, 2.75) is 77.1 Å². The first-order chi connectivity index (χ1) is 9.68. The van der Waals surface area contributed by atoms with E-state index < -0.39 is 10.0 Å². The first kappa shape index (κ1) is 18.2. The van der Waals surface area contributed by atoms with Gasteiger partial charge in [-0.1, -0.05) is 20.3 Å². The molecule has 0 saturated heterocycles. The van der Waals surface area contributed by atoms with E-state index in [2.05, 4.69) is 10.0 Å². The van der Waals surface area contributed by atoms with Gasteiger partial charge in [0.2, 0.25) is 5.09 Å². The summed E-state index contributed by atoms with van der Waals surface area (Å²) >= 11 is 0. The minimum atomic E-state index is -3.57. The number of sulfonamides is 1. The Kier molecular flexibility index (Phi) is 6.43. The summed E-state index contributed by atoms with van der Waals surface area (Å²) in [6.07, 6.45) is 2.54. The van der Waals surface area contributed by atoms with E-state index in [0.29, 0.717) is 12.3 Å². The Morgan fingerprint density at radius 1 is 1.24 bits per heavy atom. The van der Waals surface area contributed by atoms with Crippen molar-refractivity contribution in [3.05, 3.63) is 17.9 Å². The van der Waals surface area contributed by atoms with E-state index in [1.165, 1.54) is 6.07 Å². The highest BCUT2D eigenvalue weighted by molar-refractivity contribution is 7.89. The summed E-state index contributed by atoms with van der Waals surface area (Å²) in [7, 11) is -3.57. The van der Waals surface area contributed by atoms with Crippen LogP contribution in [0.5, 0.6) is 0 Å². The lowest BCUT2D eigenvalue weighted by atomic mass is 10.1. The van der Waals surface area contributed by atoms with Crippen molar-refractivity contribution in [2.75, 3.05) is 0 Å². The molecule has 0 aromatic carbocycles. The zero-order valence-electron chi connectivity index (χ0n) is 13.7. The first-order valence-corrected chi connectivity index (χ1v) is 9.02. The van der Waals surface area contributed by atoms with Crippen LogP contribution in [0.2, 0.25) is 0 Å². The van der Waals surface area contributed by atoms with Crippen molar-refractivity contribution in [1.82, 2.24) is 10.0 Å². The lowest BCUT2D eigenvalue weighted by Gasteiger charge is -2.19. The Balaban J connectivity index is 2.74. The topological polar surface area (TPSA) is 71.3 Å². The SMILES string of the molecule is CCCC(CC)NS(=O)(=O)c1ccc(CNC(C)(C)C)o1. The molecule has 5 nitrogen and oxygen atoms in total. The summed E-state index contributed by atoms with van der Waals surface area (Å²) in [5.41, 5.74) is -0.0431. The molecule has 122 valence electrons. The molecule has 0 spiro atoms. The molecule has 1 unspecified atom stereocenters. The van der Waals surface area contributed by atoms with Crippen molar-refractivity contribution in [1.29, 1.82) is 0 Å². The molecule has 0 aliphatic heterocycles. The standard InChI is InChI=1S/C15H28N2O3S/c1-6-8-12(7-2)17-21(18,19)14-10-9-13(20-14)11-16-15(3,4)5/h9-10,12,16-17H,6-8,11H2,1-5H3. The summed E-state index contributed by atoms with van der Waals surface area (Å²) in [4.78, 5) is 0. The highest BCUT2D eigenvalue weighted by Crippen LogP contribution is 2.16. The van der Waals surface area contributed by atoms with Crippen LogP contribution in [0, 0.1) is 0 Å². The molecule has 0 aliphatic carbocycles. The van der Waals surface area contributed by atoms with Gasteiger partial charge in [0.05, 0.1) is 6.54 Å². The average Bonchev–Trinajstić information content (AvgIpc) is 2.84. The van der Waals surface area contributed by atoms with E-state index in [-0.39, 0.29) is 16.7 Å². The van der Waals surface area contributed by atoms with Crippen molar-refractivity contribution in [2.24, 2.45) is 0 Å². The van der Waals surface area contributed by atoms with Gasteiger partial charge in [-0.3, -0.25) is 0 Å². The quantitative estimate of drug-likeness (QED) is 0.773. The molecule has 0 amide bonds. The molecule has 0 bridgehead atoms. The molecule has 6 heteroatoms. The van der Waals surface area contributed by atoms with Gasteiger partial charge in [0.1, 0.15) is 5.76 Å². The normalized spacial score (nSPS) is 14.3. The molecule has 2 N–H and O–H groups in total. The van der Waals surface area contributed by atoms with Gasteiger partial charge in [-0.15, -0.1) is 0 Å². The maximum atomic E-state index is 12.3. The van der Waals surface area contributed by atoms with E-state index in [0.717, 1.165) is 19.3 Å². The van der Waals surface area contributed by atoms with E-state index in [1.807, 2.05) is 34.6 Å². The zero-order valence-corrected chi connectivity index (χ0v) is 14.5. The van der Waals surface area contributed by atoms with Crippen LogP contribution >= 0.6 is 0 Å². The van der Waals surface area contributed by atoms with Gasteiger partial charge in [-0.05, 0) is 45.7 Å². The van der Waals surface area contributed by atoms with E-state index in [9.17, 15) is 8.42 Å². The monoisotopic (exact) mass is 316 g/mol. The maximum Gasteiger partial charge on any atom is 0.274 e. The highest BCUT2D eigenvalue weighted by atomic mass is 32.2. The number of hydrogen-bond donors (Lipinski definition) is 2. The van der Waals surface area contributed by atoms with E-state index >= 15 is 0 Å². The van der Waals surface area contributed by atoms with Gasteiger partial charge in [-0.25, -0.2) is 13.1 Å². The molecular weight excluding hydrogens is 288 g/mol. The second kappa shape index (κ2) is 7.42. The maximum absolute atomic E-state index is 12.3. The highest BCUT2D eigenvalue weighted by Gasteiger charge is 2.22. The molecule has 1 heterocycles. The third kappa shape index (κ3) is 6.20. The number of rotatable bonds is 8. The van der Waals surface area contributed by atoms with Gasteiger partial charge < -0.3 is 9.73 Å². The predicted octanol–water partition coefficient (Wildman–Crippen LogP) is 3.02. The van der Waals surface area contributed by atoms with Gasteiger partial charge >= 0.3 is 0 Å². The van der Waals surface area contributed by atoms with E-state index in [1.54, 1.807) is 6.07 Å². The van der Waals surface area contributed by atoms with Crippen LogP contribution in [-0.2, 0) is 16.6 Å². The molecule has 1 aromatic rings. The lowest BCUT2D eigenvalue weighted by molar-refractivity contribution is 0.358.